The predicted molar refractivity (Wildman–Crippen MR) is 0 cm³/mol. The Bertz CT molecular complexity index is 0. The van der Waals surface area contributed by atoms with Gasteiger partial charge in [-0.1, -0.05) is 0 Å². The molecule has 0 heterocycles. The molecule has 0 N–H and O–H groups in total. The van der Waals surface area contributed by atoms with Crippen molar-refractivity contribution >= 4 is 0 Å². The molecule has 0 saturated heterocycles. The van der Waals surface area contributed by atoms with Gasteiger partial charge in [-0.3, -0.25) is 0 Å². The largest absolute Gasteiger partial charge is 0 e. The maximum Gasteiger partial charge on any atom is 0 e. The summed E-state index contributed by atoms with van der Waals surface area (Å²) in [4.78, 5) is 0. The fourth-order valence-electron chi connectivity index (χ4n) is 0. The van der Waals surface area contributed by atoms with Gasteiger partial charge in [0, 0.05) is 840 Å². The van der Waals surface area contributed by atoms with Crippen molar-refractivity contribution in [2.45, 2.75) is 0 Å². The monoisotopic (exact) mass is 6430 g/mol. The third-order valence-corrected chi connectivity index (χ3v) is 0. The third-order valence-electron chi connectivity index (χ3n) is 0. The molecular weight excluding hydrogens is 6430 g/mol. The van der Waals surface area contributed by atoms with E-state index < -0.39 is 0 Å². The van der Waals surface area contributed by atoms with Crippen molar-refractivity contribution in [1.29, 1.82) is 0 Å². The number of hydrogen-bond acceptors (Lipinski definition) is 0. The molecule has 0 amide bonds. The average Bonchev–Trinajstić information content (AvgIpc) is 0. The standard InChI is InChI=1S/27U. The quantitative estimate of drug-likeness (QED) is 0.321. The number of rotatable bonds is 0. The van der Waals surface area contributed by atoms with Gasteiger partial charge in [-0.05, 0) is 0 Å². The summed E-state index contributed by atoms with van der Waals surface area (Å²) < 4.78 is 0. The molecule has 0 saturated carbocycles. The van der Waals surface area contributed by atoms with E-state index in [1.165, 1.54) is 0 Å². The molecule has 0 aliphatic rings. The topological polar surface area (TPSA) is 0 Å². The normalized spacial score (nSPS) is 0. The minimum atomic E-state index is 0. The molecule has 27 heavy (non-hydrogen) atoms. The van der Waals surface area contributed by atoms with E-state index in [1.54, 1.807) is 0 Å². The van der Waals surface area contributed by atoms with Gasteiger partial charge >= 0.3 is 0 Å². The van der Waals surface area contributed by atoms with Gasteiger partial charge in [0.25, 0.3) is 0 Å². The molecule has 27 heteroatoms. The van der Waals surface area contributed by atoms with E-state index >= 15 is 0 Å². The Kier molecular flexibility index (Phi) is 1450. The van der Waals surface area contributed by atoms with Crippen molar-refractivity contribution in [2.24, 2.45) is 0 Å². The molecule has 0 spiro atoms. The van der Waals surface area contributed by atoms with Crippen LogP contribution in [-0.4, -0.2) is 0 Å². The summed E-state index contributed by atoms with van der Waals surface area (Å²) in [5.74, 6) is 0. The van der Waals surface area contributed by atoms with Gasteiger partial charge in [0.1, 0.15) is 0 Å². The SMILES string of the molecule is [U].[U].[U].[U].[U].[U].[U].[U].[U].[U].[U].[U].[U].[U].[U].[U].[U].[U].[U].[U].[U].[U].[U].[U].[U].[U].[U]. The van der Waals surface area contributed by atoms with Crippen LogP contribution in [0.15, 0.2) is 0 Å². The Hall–Kier alpha value is 28.4. The van der Waals surface area contributed by atoms with E-state index in [-0.39, 0.29) is 840 Å². The zero-order valence-electron chi connectivity index (χ0n) is 13.5. The molecule has 0 unspecified atom stereocenters. The smallest absolute Gasteiger partial charge is 0 e. The molecule has 0 bridgehead atoms. The molecule has 0 aromatic rings. The third kappa shape index (κ3) is 185. The summed E-state index contributed by atoms with van der Waals surface area (Å²) in [7, 11) is 0. The summed E-state index contributed by atoms with van der Waals surface area (Å²) in [5.41, 5.74) is 0. The second-order valence-electron chi connectivity index (χ2n) is 0. The number of hydrogen-bond donors (Lipinski definition) is 0. The molecule has 0 nitrogen and oxygen atoms in total. The molecular formula is U27. The Labute approximate surface area is 808 Å². The molecule has 0 aliphatic heterocycles. The van der Waals surface area contributed by atoms with Gasteiger partial charge in [0.15, 0.2) is 0 Å². The second kappa shape index (κ2) is 192. The summed E-state index contributed by atoms with van der Waals surface area (Å²) >= 11 is 0. The van der Waals surface area contributed by atoms with Gasteiger partial charge in [-0.2, -0.15) is 0 Å². The van der Waals surface area contributed by atoms with Crippen LogP contribution in [0.4, 0.5) is 0 Å². The average molecular weight is 6430 g/mol. The van der Waals surface area contributed by atoms with Crippen molar-refractivity contribution in [3.8, 4) is 0 Å². The fourth-order valence-corrected chi connectivity index (χ4v) is 0. The Morgan fingerprint density at radius 2 is 0.0370 bits per heavy atom. The van der Waals surface area contributed by atoms with Crippen LogP contribution >= 0.6 is 0 Å². The van der Waals surface area contributed by atoms with Gasteiger partial charge in [-0.25, -0.2) is 0 Å². The van der Waals surface area contributed by atoms with Crippen LogP contribution in [-0.2, 0) is 0 Å². The summed E-state index contributed by atoms with van der Waals surface area (Å²) in [6.07, 6.45) is 0. The van der Waals surface area contributed by atoms with Gasteiger partial charge in [-0.15, -0.1) is 0 Å². The molecule has 0 aliphatic carbocycles. The molecule has 0 atom stereocenters. The minimum absolute atomic E-state index is 0. The van der Waals surface area contributed by atoms with Crippen LogP contribution in [0.5, 0.6) is 0 Å². The van der Waals surface area contributed by atoms with Crippen LogP contribution in [0.2, 0.25) is 0 Å². The maximum absolute atomic E-state index is 0. The van der Waals surface area contributed by atoms with Crippen molar-refractivity contribution < 1.29 is 840 Å². The van der Waals surface area contributed by atoms with Crippen LogP contribution in [0.3, 0.4) is 0 Å². The van der Waals surface area contributed by atoms with Crippen LogP contribution < -0.4 is 0 Å². The Morgan fingerprint density at radius 3 is 0.0370 bits per heavy atom. The van der Waals surface area contributed by atoms with E-state index in [0.29, 0.717) is 0 Å². The zero-order chi connectivity index (χ0) is 0. The van der Waals surface area contributed by atoms with Crippen molar-refractivity contribution in [2.75, 3.05) is 0 Å². The van der Waals surface area contributed by atoms with E-state index in [0.717, 1.165) is 0 Å². The van der Waals surface area contributed by atoms with Crippen LogP contribution in [0.25, 0.3) is 0 Å². The molecule has 0 aromatic carbocycles. The van der Waals surface area contributed by atoms with Crippen LogP contribution in [0, 0.1) is 840 Å². The van der Waals surface area contributed by atoms with Gasteiger partial charge < -0.3 is 0 Å². The first kappa shape index (κ1) is 203. The summed E-state index contributed by atoms with van der Waals surface area (Å²) in [5, 5.41) is 0. The first-order chi connectivity index (χ1) is 0. The Balaban J connectivity index is 0. The van der Waals surface area contributed by atoms with Crippen molar-refractivity contribution in [3.05, 3.63) is 0 Å². The van der Waals surface area contributed by atoms with Crippen LogP contribution in [0.1, 0.15) is 0 Å². The summed E-state index contributed by atoms with van der Waals surface area (Å²) in [6, 6.07) is 0. The second-order valence-corrected chi connectivity index (χ2v) is 0. The zero-order valence-corrected chi connectivity index (χ0v) is 126. The maximum atomic E-state index is 0. The molecule has 0 fully saturated rings. The van der Waals surface area contributed by atoms with Crippen molar-refractivity contribution in [1.82, 2.24) is 0 Å². The van der Waals surface area contributed by atoms with E-state index in [9.17, 15) is 0 Å². The van der Waals surface area contributed by atoms with E-state index in [2.05, 4.69) is 0 Å². The minimum Gasteiger partial charge on any atom is 0 e. The fraction of sp³-hybridized carbons (Fsp3) is 0. The molecule has 0 aromatic heterocycles. The molecule has 0 radical (unpaired) electrons. The Morgan fingerprint density at radius 1 is 0.0370 bits per heavy atom. The van der Waals surface area contributed by atoms with Gasteiger partial charge in [0.2, 0.25) is 0 Å². The van der Waals surface area contributed by atoms with Crippen molar-refractivity contribution in [3.63, 3.8) is 0 Å². The first-order valence-corrected chi connectivity index (χ1v) is 0. The molecule has 0 rings (SSSR count). The summed E-state index contributed by atoms with van der Waals surface area (Å²) in [6.45, 7) is 0. The molecule has 108 valence electrons. The van der Waals surface area contributed by atoms with E-state index in [4.69, 9.17) is 0 Å². The van der Waals surface area contributed by atoms with Gasteiger partial charge in [0.05, 0.1) is 0 Å². The predicted octanol–water partition coefficient (Wildman–Crippen LogP) is 0. The first-order valence-electron chi connectivity index (χ1n) is 0. The van der Waals surface area contributed by atoms with E-state index in [1.807, 2.05) is 0 Å².